The first-order chi connectivity index (χ1) is 6.76. The average molecular weight is 206 g/mol. The Hall–Kier alpha value is -1.53. The van der Waals surface area contributed by atoms with Crippen molar-refractivity contribution in [1.82, 2.24) is 9.55 Å². The number of aryl methyl sites for hydroxylation is 1. The highest BCUT2D eigenvalue weighted by molar-refractivity contribution is 6.32. The van der Waals surface area contributed by atoms with Gasteiger partial charge in [0, 0.05) is 6.54 Å². The van der Waals surface area contributed by atoms with Crippen LogP contribution in [0.15, 0.2) is 18.5 Å². The zero-order valence-corrected chi connectivity index (χ0v) is 8.41. The van der Waals surface area contributed by atoms with Crippen LogP contribution in [-0.4, -0.2) is 9.55 Å². The summed E-state index contributed by atoms with van der Waals surface area (Å²) in [7, 11) is 0. The minimum Gasteiger partial charge on any atom is -0.331 e. The molecule has 0 saturated carbocycles. The van der Waals surface area contributed by atoms with E-state index in [1.54, 1.807) is 18.5 Å². The molecule has 0 N–H and O–H groups in total. The Morgan fingerprint density at radius 3 is 3.00 bits per heavy atom. The van der Waals surface area contributed by atoms with Gasteiger partial charge in [0.1, 0.15) is 6.07 Å². The second kappa shape index (κ2) is 3.32. The van der Waals surface area contributed by atoms with E-state index in [2.05, 4.69) is 11.1 Å². The van der Waals surface area contributed by atoms with Crippen molar-refractivity contribution in [3.8, 4) is 6.07 Å². The molecule has 1 aromatic carbocycles. The van der Waals surface area contributed by atoms with Crippen LogP contribution in [0, 0.1) is 11.3 Å². The molecule has 0 amide bonds. The molecule has 0 saturated heterocycles. The summed E-state index contributed by atoms with van der Waals surface area (Å²) in [5, 5.41) is 9.27. The summed E-state index contributed by atoms with van der Waals surface area (Å²) in [6.07, 6.45) is 1.75. The monoisotopic (exact) mass is 205 g/mol. The standard InChI is InChI=1S/C10H8ClN3/c1-2-14-6-13-9-4-8(11)7(5-12)3-10(9)14/h3-4,6H,2H2,1H3. The Morgan fingerprint density at radius 1 is 1.57 bits per heavy atom. The largest absolute Gasteiger partial charge is 0.331 e. The van der Waals surface area contributed by atoms with Gasteiger partial charge in [-0.2, -0.15) is 5.26 Å². The molecule has 3 nitrogen and oxygen atoms in total. The molecule has 4 heteroatoms. The molecule has 0 fully saturated rings. The third kappa shape index (κ3) is 1.24. The van der Waals surface area contributed by atoms with Crippen LogP contribution in [0.5, 0.6) is 0 Å². The van der Waals surface area contributed by atoms with Crippen molar-refractivity contribution < 1.29 is 0 Å². The van der Waals surface area contributed by atoms with Crippen LogP contribution in [0.3, 0.4) is 0 Å². The van der Waals surface area contributed by atoms with Crippen LogP contribution in [-0.2, 0) is 6.54 Å². The van der Waals surface area contributed by atoms with Crippen molar-refractivity contribution in [3.63, 3.8) is 0 Å². The third-order valence-corrected chi connectivity index (χ3v) is 2.48. The molecule has 0 aliphatic carbocycles. The number of nitriles is 1. The Kier molecular flexibility index (Phi) is 2.14. The van der Waals surface area contributed by atoms with Gasteiger partial charge in [0.05, 0.1) is 27.9 Å². The Balaban J connectivity index is 2.78. The predicted octanol–water partition coefficient (Wildman–Crippen LogP) is 2.58. The average Bonchev–Trinajstić information content (AvgIpc) is 2.58. The summed E-state index contributed by atoms with van der Waals surface area (Å²) in [6, 6.07) is 5.55. The maximum absolute atomic E-state index is 8.81. The van der Waals surface area contributed by atoms with Crippen LogP contribution < -0.4 is 0 Å². The van der Waals surface area contributed by atoms with Gasteiger partial charge in [-0.25, -0.2) is 4.98 Å². The normalized spacial score (nSPS) is 10.4. The summed E-state index contributed by atoms with van der Waals surface area (Å²) in [6.45, 7) is 2.87. The first-order valence-corrected chi connectivity index (χ1v) is 4.68. The smallest absolute Gasteiger partial charge is 0.101 e. The topological polar surface area (TPSA) is 41.6 Å². The molecule has 14 heavy (non-hydrogen) atoms. The van der Waals surface area contributed by atoms with E-state index in [4.69, 9.17) is 16.9 Å². The maximum atomic E-state index is 8.81. The van der Waals surface area contributed by atoms with Crippen molar-refractivity contribution in [2.75, 3.05) is 0 Å². The molecule has 0 aliphatic rings. The molecule has 70 valence electrons. The number of imidazole rings is 1. The van der Waals surface area contributed by atoms with Gasteiger partial charge >= 0.3 is 0 Å². The SMILES string of the molecule is CCn1cnc2cc(Cl)c(C#N)cc21. The third-order valence-electron chi connectivity index (χ3n) is 2.17. The van der Waals surface area contributed by atoms with Crippen molar-refractivity contribution in [3.05, 3.63) is 29.0 Å². The molecule has 0 radical (unpaired) electrons. The van der Waals surface area contributed by atoms with Crippen LogP contribution in [0.25, 0.3) is 11.0 Å². The second-order valence-electron chi connectivity index (χ2n) is 2.96. The zero-order chi connectivity index (χ0) is 10.1. The van der Waals surface area contributed by atoms with Crippen molar-refractivity contribution in [2.24, 2.45) is 0 Å². The number of hydrogen-bond donors (Lipinski definition) is 0. The van der Waals surface area contributed by atoms with Crippen molar-refractivity contribution >= 4 is 22.6 Å². The lowest BCUT2D eigenvalue weighted by Crippen LogP contribution is -1.91. The van der Waals surface area contributed by atoms with E-state index < -0.39 is 0 Å². The van der Waals surface area contributed by atoms with Gasteiger partial charge < -0.3 is 4.57 Å². The first-order valence-electron chi connectivity index (χ1n) is 4.30. The lowest BCUT2D eigenvalue weighted by Gasteiger charge is -1.99. The molecule has 1 heterocycles. The first kappa shape index (κ1) is 9.04. The summed E-state index contributed by atoms with van der Waals surface area (Å²) < 4.78 is 1.98. The molecule has 0 bridgehead atoms. The number of rotatable bonds is 1. The van der Waals surface area contributed by atoms with Gasteiger partial charge in [-0.3, -0.25) is 0 Å². The zero-order valence-electron chi connectivity index (χ0n) is 7.66. The Bertz CT molecular complexity index is 522. The van der Waals surface area contributed by atoms with Crippen molar-refractivity contribution in [2.45, 2.75) is 13.5 Å². The van der Waals surface area contributed by atoms with E-state index in [0.29, 0.717) is 10.6 Å². The Labute approximate surface area is 86.5 Å². The molecule has 1 aromatic heterocycles. The van der Waals surface area contributed by atoms with E-state index in [0.717, 1.165) is 17.6 Å². The van der Waals surface area contributed by atoms with Gasteiger partial charge in [0.25, 0.3) is 0 Å². The van der Waals surface area contributed by atoms with E-state index in [9.17, 15) is 0 Å². The fourth-order valence-electron chi connectivity index (χ4n) is 1.42. The van der Waals surface area contributed by atoms with Gasteiger partial charge in [-0.1, -0.05) is 11.6 Å². The number of fused-ring (bicyclic) bond motifs is 1. The summed E-state index contributed by atoms with van der Waals surface area (Å²) in [4.78, 5) is 4.19. The van der Waals surface area contributed by atoms with Crippen LogP contribution in [0.1, 0.15) is 12.5 Å². The minimum absolute atomic E-state index is 0.460. The van der Waals surface area contributed by atoms with Gasteiger partial charge in [0.2, 0.25) is 0 Å². The quantitative estimate of drug-likeness (QED) is 0.718. The molecular formula is C10H8ClN3. The molecule has 2 rings (SSSR count). The summed E-state index contributed by atoms with van der Waals surface area (Å²) >= 11 is 5.88. The second-order valence-corrected chi connectivity index (χ2v) is 3.37. The fraction of sp³-hybridized carbons (Fsp3) is 0.200. The molecule has 2 aromatic rings. The highest BCUT2D eigenvalue weighted by atomic mass is 35.5. The lowest BCUT2D eigenvalue weighted by atomic mass is 10.2. The van der Waals surface area contributed by atoms with Crippen LogP contribution >= 0.6 is 11.6 Å². The van der Waals surface area contributed by atoms with E-state index in [1.807, 2.05) is 11.5 Å². The highest BCUT2D eigenvalue weighted by Crippen LogP contribution is 2.22. The Morgan fingerprint density at radius 2 is 2.36 bits per heavy atom. The molecule has 0 aliphatic heterocycles. The number of hydrogen-bond acceptors (Lipinski definition) is 2. The molecule has 0 unspecified atom stereocenters. The van der Waals surface area contributed by atoms with Gasteiger partial charge in [0.15, 0.2) is 0 Å². The van der Waals surface area contributed by atoms with Crippen LogP contribution in [0.2, 0.25) is 5.02 Å². The molecular weight excluding hydrogens is 198 g/mol. The van der Waals surface area contributed by atoms with E-state index >= 15 is 0 Å². The summed E-state index contributed by atoms with van der Waals surface area (Å²) in [5.74, 6) is 0. The number of benzene rings is 1. The van der Waals surface area contributed by atoms with Gasteiger partial charge in [-0.15, -0.1) is 0 Å². The molecule has 0 spiro atoms. The van der Waals surface area contributed by atoms with Gasteiger partial charge in [-0.05, 0) is 19.1 Å². The van der Waals surface area contributed by atoms with E-state index in [1.165, 1.54) is 0 Å². The van der Waals surface area contributed by atoms with Crippen molar-refractivity contribution in [1.29, 1.82) is 5.26 Å². The lowest BCUT2D eigenvalue weighted by molar-refractivity contribution is 0.787. The van der Waals surface area contributed by atoms with Crippen LogP contribution in [0.4, 0.5) is 0 Å². The highest BCUT2D eigenvalue weighted by Gasteiger charge is 2.06. The number of nitrogens with zero attached hydrogens (tertiary/aromatic N) is 3. The maximum Gasteiger partial charge on any atom is 0.101 e. The number of aromatic nitrogens is 2. The number of halogens is 1. The predicted molar refractivity (Wildman–Crippen MR) is 55.1 cm³/mol. The minimum atomic E-state index is 0.460. The fourth-order valence-corrected chi connectivity index (χ4v) is 1.62. The molecule has 0 atom stereocenters. The summed E-state index contributed by atoms with van der Waals surface area (Å²) in [5.41, 5.74) is 2.28. The van der Waals surface area contributed by atoms with E-state index in [-0.39, 0.29) is 0 Å².